The predicted octanol–water partition coefficient (Wildman–Crippen LogP) is 3.43. The molecular weight excluding hydrogens is 427 g/mol. The molecule has 2 heterocycles. The molecule has 3 aromatic rings. The summed E-state index contributed by atoms with van der Waals surface area (Å²) in [6.45, 7) is -0.276. The third kappa shape index (κ3) is 4.84. The average molecular weight is 438 g/mol. The maximum atomic E-state index is 13.1. The first-order chi connectivity index (χ1) is 14.2. The molecule has 0 N–H and O–H groups in total. The minimum atomic E-state index is -4.87. The number of rotatable bonds is 5. The summed E-state index contributed by atoms with van der Waals surface area (Å²) in [6.07, 6.45) is -4.87. The molecule has 0 unspecified atom stereocenters. The maximum Gasteiger partial charge on any atom is 0.433 e. The van der Waals surface area contributed by atoms with Gasteiger partial charge in [-0.15, -0.1) is 10.2 Å². The zero-order valence-corrected chi connectivity index (χ0v) is 15.9. The summed E-state index contributed by atoms with van der Waals surface area (Å²) < 4.78 is 50.6. The standard InChI is InChI=1S/C18H11ClF3N5O3/c1-29-15-3-2-12(25-26-15)9-27-16(28)7-14(18(20,21)22)24-17(27)30-13-5-10(8-23)4-11(19)6-13/h2-7H,9H2,1H3. The highest BCUT2D eigenvalue weighted by Gasteiger charge is 2.34. The molecule has 0 aliphatic heterocycles. The SMILES string of the molecule is COc1ccc(Cn2c(Oc3cc(Cl)cc(C#N)c3)nc(C(F)(F)F)cc2=O)nn1. The molecule has 1 aromatic carbocycles. The Bertz CT molecular complexity index is 1170. The van der Waals surface area contributed by atoms with Gasteiger partial charge >= 0.3 is 12.2 Å². The van der Waals surface area contributed by atoms with Gasteiger partial charge in [0.15, 0.2) is 5.69 Å². The summed E-state index contributed by atoms with van der Waals surface area (Å²) in [6, 6.07) is 8.35. The molecule has 0 atom stereocenters. The van der Waals surface area contributed by atoms with Gasteiger partial charge in [-0.05, 0) is 24.3 Å². The first-order valence-corrected chi connectivity index (χ1v) is 8.51. The summed E-state index contributed by atoms with van der Waals surface area (Å²) >= 11 is 5.90. The lowest BCUT2D eigenvalue weighted by Gasteiger charge is -2.15. The number of hydrogen-bond donors (Lipinski definition) is 0. The first-order valence-electron chi connectivity index (χ1n) is 8.14. The topological polar surface area (TPSA) is 103 Å². The molecule has 2 aromatic heterocycles. The van der Waals surface area contributed by atoms with Gasteiger partial charge in [0.1, 0.15) is 5.75 Å². The minimum absolute atomic E-state index is 0.0696. The van der Waals surface area contributed by atoms with Crippen LogP contribution in [0.2, 0.25) is 5.02 Å². The number of ether oxygens (including phenoxy) is 2. The number of benzene rings is 1. The summed E-state index contributed by atoms with van der Waals surface area (Å²) in [7, 11) is 1.39. The molecule has 0 radical (unpaired) electrons. The first kappa shape index (κ1) is 21.1. The van der Waals surface area contributed by atoms with Gasteiger partial charge in [-0.25, -0.2) is 0 Å². The Balaban J connectivity index is 2.08. The van der Waals surface area contributed by atoms with Crippen LogP contribution >= 0.6 is 11.6 Å². The Morgan fingerprint density at radius 2 is 1.97 bits per heavy atom. The van der Waals surface area contributed by atoms with Crippen LogP contribution in [0, 0.1) is 11.3 Å². The zero-order chi connectivity index (χ0) is 21.9. The molecular formula is C18H11ClF3N5O3. The van der Waals surface area contributed by atoms with Crippen LogP contribution in [0.1, 0.15) is 17.0 Å². The number of aromatic nitrogens is 4. The van der Waals surface area contributed by atoms with E-state index in [-0.39, 0.29) is 34.5 Å². The minimum Gasteiger partial charge on any atom is -0.480 e. The lowest BCUT2D eigenvalue weighted by molar-refractivity contribution is -0.141. The molecule has 0 amide bonds. The normalized spacial score (nSPS) is 11.1. The molecule has 12 heteroatoms. The highest BCUT2D eigenvalue weighted by molar-refractivity contribution is 6.30. The van der Waals surface area contributed by atoms with Crippen molar-refractivity contribution in [2.75, 3.05) is 7.11 Å². The van der Waals surface area contributed by atoms with Gasteiger partial charge in [0.2, 0.25) is 5.88 Å². The second-order valence-corrected chi connectivity index (χ2v) is 6.24. The maximum absolute atomic E-state index is 13.1. The van der Waals surface area contributed by atoms with Crippen molar-refractivity contribution in [3.05, 3.63) is 68.7 Å². The van der Waals surface area contributed by atoms with Crippen molar-refractivity contribution in [1.82, 2.24) is 19.7 Å². The fraction of sp³-hybridized carbons (Fsp3) is 0.167. The molecule has 154 valence electrons. The number of hydrogen-bond acceptors (Lipinski definition) is 7. The second kappa shape index (κ2) is 8.38. The van der Waals surface area contributed by atoms with Crippen molar-refractivity contribution in [1.29, 1.82) is 5.26 Å². The van der Waals surface area contributed by atoms with Crippen molar-refractivity contribution in [3.8, 4) is 23.7 Å². The fourth-order valence-electron chi connectivity index (χ4n) is 2.35. The van der Waals surface area contributed by atoms with Gasteiger partial charge < -0.3 is 9.47 Å². The van der Waals surface area contributed by atoms with Crippen molar-refractivity contribution in [2.45, 2.75) is 12.7 Å². The third-order valence-electron chi connectivity index (χ3n) is 3.70. The van der Waals surface area contributed by atoms with E-state index in [1.807, 2.05) is 6.07 Å². The van der Waals surface area contributed by atoms with E-state index in [1.165, 1.54) is 37.4 Å². The summed E-state index contributed by atoms with van der Waals surface area (Å²) in [5.41, 5.74) is -2.10. The number of halogens is 4. The molecule has 0 saturated heterocycles. The van der Waals surface area contributed by atoms with Crippen LogP contribution in [0.5, 0.6) is 17.6 Å². The predicted molar refractivity (Wildman–Crippen MR) is 97.4 cm³/mol. The van der Waals surface area contributed by atoms with Crippen molar-refractivity contribution in [2.24, 2.45) is 0 Å². The smallest absolute Gasteiger partial charge is 0.433 e. The molecule has 0 aliphatic carbocycles. The molecule has 3 rings (SSSR count). The zero-order valence-electron chi connectivity index (χ0n) is 15.1. The highest BCUT2D eigenvalue weighted by Crippen LogP contribution is 2.30. The van der Waals surface area contributed by atoms with Gasteiger partial charge in [-0.2, -0.15) is 23.4 Å². The lowest BCUT2D eigenvalue weighted by Crippen LogP contribution is -2.26. The quantitative estimate of drug-likeness (QED) is 0.602. The van der Waals surface area contributed by atoms with Gasteiger partial charge in [-0.1, -0.05) is 11.6 Å². The van der Waals surface area contributed by atoms with E-state index in [0.29, 0.717) is 6.07 Å². The monoisotopic (exact) mass is 437 g/mol. The number of alkyl halides is 3. The molecule has 0 bridgehead atoms. The Morgan fingerprint density at radius 1 is 1.20 bits per heavy atom. The number of nitriles is 1. The van der Waals surface area contributed by atoms with E-state index in [1.54, 1.807) is 0 Å². The summed E-state index contributed by atoms with van der Waals surface area (Å²) in [5, 5.41) is 16.7. The van der Waals surface area contributed by atoms with Crippen LogP contribution < -0.4 is 15.0 Å². The summed E-state index contributed by atoms with van der Waals surface area (Å²) in [4.78, 5) is 15.8. The Kier molecular flexibility index (Phi) is 5.89. The Hall–Kier alpha value is -3.65. The van der Waals surface area contributed by atoms with Gasteiger partial charge in [-0.3, -0.25) is 9.36 Å². The third-order valence-corrected chi connectivity index (χ3v) is 3.92. The Morgan fingerprint density at radius 3 is 2.57 bits per heavy atom. The van der Waals surface area contributed by atoms with Crippen LogP contribution in [-0.4, -0.2) is 26.9 Å². The molecule has 8 nitrogen and oxygen atoms in total. The lowest BCUT2D eigenvalue weighted by atomic mass is 10.2. The second-order valence-electron chi connectivity index (χ2n) is 5.80. The van der Waals surface area contributed by atoms with Crippen LogP contribution in [-0.2, 0) is 12.7 Å². The van der Waals surface area contributed by atoms with Crippen LogP contribution in [0.4, 0.5) is 13.2 Å². The highest BCUT2D eigenvalue weighted by atomic mass is 35.5. The van der Waals surface area contributed by atoms with E-state index >= 15 is 0 Å². The van der Waals surface area contributed by atoms with Gasteiger partial charge in [0.05, 0.1) is 31.0 Å². The van der Waals surface area contributed by atoms with Crippen LogP contribution in [0.15, 0.2) is 41.2 Å². The number of nitrogens with zero attached hydrogens (tertiary/aromatic N) is 5. The van der Waals surface area contributed by atoms with Crippen molar-refractivity contribution in [3.63, 3.8) is 0 Å². The van der Waals surface area contributed by atoms with E-state index < -0.39 is 23.4 Å². The fourth-order valence-corrected chi connectivity index (χ4v) is 2.57. The average Bonchev–Trinajstić information content (AvgIpc) is 2.69. The van der Waals surface area contributed by atoms with Crippen molar-refractivity contribution >= 4 is 11.6 Å². The molecule has 0 aliphatic rings. The summed E-state index contributed by atoms with van der Waals surface area (Å²) in [5.74, 6) is 0.149. The van der Waals surface area contributed by atoms with E-state index in [0.717, 1.165) is 4.57 Å². The Labute approximate surface area is 172 Å². The molecule has 30 heavy (non-hydrogen) atoms. The van der Waals surface area contributed by atoms with E-state index in [9.17, 15) is 18.0 Å². The largest absolute Gasteiger partial charge is 0.480 e. The molecule has 0 fully saturated rings. The molecule has 0 spiro atoms. The van der Waals surface area contributed by atoms with Crippen LogP contribution in [0.3, 0.4) is 0 Å². The number of methoxy groups -OCH3 is 1. The van der Waals surface area contributed by atoms with E-state index in [4.69, 9.17) is 26.3 Å². The van der Waals surface area contributed by atoms with Gasteiger partial charge in [0, 0.05) is 17.2 Å². The molecule has 0 saturated carbocycles. The van der Waals surface area contributed by atoms with E-state index in [2.05, 4.69) is 15.2 Å². The van der Waals surface area contributed by atoms with Gasteiger partial charge in [0.25, 0.3) is 5.56 Å². The van der Waals surface area contributed by atoms with Crippen LogP contribution in [0.25, 0.3) is 0 Å². The van der Waals surface area contributed by atoms with Crippen molar-refractivity contribution < 1.29 is 22.6 Å².